The van der Waals surface area contributed by atoms with Gasteiger partial charge in [0.15, 0.2) is 0 Å². The van der Waals surface area contributed by atoms with Gasteiger partial charge in [-0.15, -0.1) is 0 Å². The topological polar surface area (TPSA) is 50.5 Å². The lowest BCUT2D eigenvalue weighted by Gasteiger charge is -2.20. The van der Waals surface area contributed by atoms with Crippen molar-refractivity contribution in [2.45, 2.75) is 65.8 Å². The van der Waals surface area contributed by atoms with Crippen molar-refractivity contribution in [1.29, 1.82) is 0 Å². The zero-order valence-corrected chi connectivity index (χ0v) is 16.9. The van der Waals surface area contributed by atoms with Gasteiger partial charge in [-0.2, -0.15) is 5.10 Å². The summed E-state index contributed by atoms with van der Waals surface area (Å²) in [7, 11) is 0. The van der Waals surface area contributed by atoms with E-state index in [0.29, 0.717) is 12.3 Å². The summed E-state index contributed by atoms with van der Waals surface area (Å²) in [5.74, 6) is 1.62. The van der Waals surface area contributed by atoms with Crippen LogP contribution in [0, 0.1) is 5.92 Å². The summed E-state index contributed by atoms with van der Waals surface area (Å²) < 4.78 is 7.98. The summed E-state index contributed by atoms with van der Waals surface area (Å²) in [6, 6.07) is 10.5. The molecular weight excluding hydrogens is 338 g/mol. The second-order valence-corrected chi connectivity index (χ2v) is 7.95. The summed E-state index contributed by atoms with van der Waals surface area (Å²) >= 11 is 0. The van der Waals surface area contributed by atoms with Crippen LogP contribution in [0.5, 0.6) is 5.75 Å². The summed E-state index contributed by atoms with van der Waals surface area (Å²) in [4.78, 5) is 2.45. The monoisotopic (exact) mass is 371 g/mol. The van der Waals surface area contributed by atoms with Crippen LogP contribution in [0.15, 0.2) is 30.3 Å². The molecule has 0 spiro atoms. The summed E-state index contributed by atoms with van der Waals surface area (Å²) in [5, 5.41) is 14.7. The Bertz CT molecular complexity index is 726. The highest BCUT2D eigenvalue weighted by molar-refractivity contribution is 5.28. The predicted molar refractivity (Wildman–Crippen MR) is 108 cm³/mol. The first-order chi connectivity index (χ1) is 13.0. The van der Waals surface area contributed by atoms with Crippen molar-refractivity contribution in [3.63, 3.8) is 0 Å². The second-order valence-electron chi connectivity index (χ2n) is 7.95. The minimum Gasteiger partial charge on any atom is -0.494 e. The van der Waals surface area contributed by atoms with Crippen molar-refractivity contribution in [2.75, 3.05) is 13.2 Å². The molecule has 0 unspecified atom stereocenters. The Morgan fingerprint density at radius 2 is 2.07 bits per heavy atom. The Morgan fingerprint density at radius 1 is 1.22 bits per heavy atom. The summed E-state index contributed by atoms with van der Waals surface area (Å²) in [5.41, 5.74) is 3.27. The second kappa shape index (κ2) is 9.38. The number of fused-ring (bicyclic) bond motifs is 1. The number of rotatable bonds is 8. The van der Waals surface area contributed by atoms with Gasteiger partial charge in [0.25, 0.3) is 0 Å². The Balaban J connectivity index is 1.63. The standard InChI is InChI=1S/C22H33N3O2/c1-4-22(26)21-14-19-16-24(10-6-11-25(19)23-21)15-18-7-5-8-20(13-18)27-12-9-17(2)3/h5,7-8,13-14,17,22,26H,4,6,9-12,15-16H2,1-3H3/t22-/m1/s1. The number of aryl methyl sites for hydroxylation is 1. The van der Waals surface area contributed by atoms with E-state index >= 15 is 0 Å². The molecule has 0 aliphatic carbocycles. The maximum atomic E-state index is 10.1. The number of benzene rings is 1. The van der Waals surface area contributed by atoms with E-state index in [-0.39, 0.29) is 0 Å². The molecule has 1 aromatic heterocycles. The van der Waals surface area contributed by atoms with Gasteiger partial charge in [-0.05, 0) is 48.9 Å². The lowest BCUT2D eigenvalue weighted by molar-refractivity contribution is 0.167. The molecule has 1 aliphatic rings. The molecule has 2 aromatic rings. The Hall–Kier alpha value is -1.85. The average Bonchev–Trinajstić information content (AvgIpc) is 2.94. The lowest BCUT2D eigenvalue weighted by Crippen LogP contribution is -2.22. The number of hydrogen-bond donors (Lipinski definition) is 1. The molecule has 0 fully saturated rings. The highest BCUT2D eigenvalue weighted by Gasteiger charge is 2.19. The Morgan fingerprint density at radius 3 is 2.85 bits per heavy atom. The van der Waals surface area contributed by atoms with Crippen LogP contribution < -0.4 is 4.74 Å². The van der Waals surface area contributed by atoms with Crippen molar-refractivity contribution >= 4 is 0 Å². The third kappa shape index (κ3) is 5.56. The molecule has 3 rings (SSSR count). The molecule has 0 saturated carbocycles. The van der Waals surface area contributed by atoms with Crippen LogP contribution in [-0.4, -0.2) is 32.9 Å². The molecule has 0 saturated heterocycles. The Labute approximate surface area is 163 Å². The van der Waals surface area contributed by atoms with Crippen molar-refractivity contribution in [3.8, 4) is 5.75 Å². The molecule has 0 bridgehead atoms. The third-order valence-corrected chi connectivity index (χ3v) is 5.11. The van der Waals surface area contributed by atoms with Crippen molar-refractivity contribution in [1.82, 2.24) is 14.7 Å². The van der Waals surface area contributed by atoms with Crippen molar-refractivity contribution in [2.24, 2.45) is 5.92 Å². The van der Waals surface area contributed by atoms with E-state index in [1.165, 1.54) is 11.3 Å². The molecule has 1 N–H and O–H groups in total. The molecule has 5 nitrogen and oxygen atoms in total. The fraction of sp³-hybridized carbons (Fsp3) is 0.591. The molecule has 2 heterocycles. The van der Waals surface area contributed by atoms with E-state index in [1.807, 2.05) is 13.0 Å². The molecule has 1 atom stereocenters. The maximum absolute atomic E-state index is 10.1. The fourth-order valence-electron chi connectivity index (χ4n) is 3.46. The van der Waals surface area contributed by atoms with Gasteiger partial charge in [-0.3, -0.25) is 9.58 Å². The van der Waals surface area contributed by atoms with Gasteiger partial charge in [-0.25, -0.2) is 0 Å². The van der Waals surface area contributed by atoms with Gasteiger partial charge in [0.2, 0.25) is 0 Å². The Kier molecular flexibility index (Phi) is 6.91. The van der Waals surface area contributed by atoms with Crippen LogP contribution in [0.2, 0.25) is 0 Å². The molecular formula is C22H33N3O2. The highest BCUT2D eigenvalue weighted by Crippen LogP contribution is 2.22. The van der Waals surface area contributed by atoms with Crippen LogP contribution in [0.25, 0.3) is 0 Å². The van der Waals surface area contributed by atoms with Crippen LogP contribution in [0.4, 0.5) is 0 Å². The number of aliphatic hydroxyl groups excluding tert-OH is 1. The van der Waals surface area contributed by atoms with Crippen LogP contribution in [0.1, 0.15) is 63.1 Å². The van der Waals surface area contributed by atoms with Crippen LogP contribution in [0.3, 0.4) is 0 Å². The normalized spacial score (nSPS) is 16.2. The van der Waals surface area contributed by atoms with Gasteiger partial charge in [0.05, 0.1) is 24.1 Å². The number of ether oxygens (including phenoxy) is 1. The third-order valence-electron chi connectivity index (χ3n) is 5.11. The van der Waals surface area contributed by atoms with Gasteiger partial charge in [0.1, 0.15) is 5.75 Å². The van der Waals surface area contributed by atoms with E-state index in [0.717, 1.165) is 57.1 Å². The van der Waals surface area contributed by atoms with E-state index in [4.69, 9.17) is 4.74 Å². The number of hydrogen-bond acceptors (Lipinski definition) is 4. The molecule has 27 heavy (non-hydrogen) atoms. The molecule has 0 amide bonds. The first-order valence-electron chi connectivity index (χ1n) is 10.2. The van der Waals surface area contributed by atoms with Crippen LogP contribution >= 0.6 is 0 Å². The highest BCUT2D eigenvalue weighted by atomic mass is 16.5. The lowest BCUT2D eigenvalue weighted by atomic mass is 10.1. The molecule has 1 aliphatic heterocycles. The molecule has 5 heteroatoms. The number of nitrogens with zero attached hydrogens (tertiary/aromatic N) is 3. The zero-order valence-electron chi connectivity index (χ0n) is 16.9. The minimum absolute atomic E-state index is 0.461. The van der Waals surface area contributed by atoms with E-state index in [1.54, 1.807) is 0 Å². The zero-order chi connectivity index (χ0) is 19.2. The van der Waals surface area contributed by atoms with Gasteiger partial charge in [-0.1, -0.05) is 32.9 Å². The maximum Gasteiger partial charge on any atom is 0.119 e. The smallest absolute Gasteiger partial charge is 0.119 e. The van der Waals surface area contributed by atoms with Gasteiger partial charge >= 0.3 is 0 Å². The van der Waals surface area contributed by atoms with Gasteiger partial charge in [0, 0.05) is 26.2 Å². The fourth-order valence-corrected chi connectivity index (χ4v) is 3.46. The van der Waals surface area contributed by atoms with E-state index in [9.17, 15) is 5.11 Å². The molecule has 1 aromatic carbocycles. The number of aliphatic hydroxyl groups is 1. The van der Waals surface area contributed by atoms with E-state index in [2.05, 4.69) is 52.8 Å². The summed E-state index contributed by atoms with van der Waals surface area (Å²) in [6.07, 6.45) is 2.38. The van der Waals surface area contributed by atoms with Crippen LogP contribution in [-0.2, 0) is 19.6 Å². The number of aromatic nitrogens is 2. The van der Waals surface area contributed by atoms with Gasteiger partial charge < -0.3 is 9.84 Å². The quantitative estimate of drug-likeness (QED) is 0.757. The van der Waals surface area contributed by atoms with Crippen molar-refractivity contribution in [3.05, 3.63) is 47.3 Å². The molecule has 148 valence electrons. The largest absolute Gasteiger partial charge is 0.494 e. The van der Waals surface area contributed by atoms with Crippen molar-refractivity contribution < 1.29 is 9.84 Å². The van der Waals surface area contributed by atoms with E-state index < -0.39 is 6.10 Å². The minimum atomic E-state index is -0.461. The summed E-state index contributed by atoms with van der Waals surface area (Å²) in [6.45, 7) is 10.9. The first-order valence-corrected chi connectivity index (χ1v) is 10.2. The SMILES string of the molecule is CC[C@@H](O)c1cc2n(n1)CCCN(Cc1cccc(OCCC(C)C)c1)C2. The first kappa shape index (κ1) is 19.9. The predicted octanol–water partition coefficient (Wildman–Crippen LogP) is 4.16. The molecule has 0 radical (unpaired) electrons. The average molecular weight is 372 g/mol.